The van der Waals surface area contributed by atoms with Crippen molar-refractivity contribution in [2.45, 2.75) is 32.4 Å². The van der Waals surface area contributed by atoms with Crippen LogP contribution in [0.3, 0.4) is 0 Å². The van der Waals surface area contributed by atoms with Crippen molar-refractivity contribution in [2.24, 2.45) is 7.05 Å². The van der Waals surface area contributed by atoms with E-state index >= 15 is 0 Å². The van der Waals surface area contributed by atoms with Gasteiger partial charge in [-0.1, -0.05) is 0 Å². The summed E-state index contributed by atoms with van der Waals surface area (Å²) in [5.41, 5.74) is 2.29. The molecule has 0 N–H and O–H groups in total. The van der Waals surface area contributed by atoms with Crippen LogP contribution in [0.2, 0.25) is 0 Å². The zero-order chi connectivity index (χ0) is 18.0. The second kappa shape index (κ2) is 7.23. The monoisotopic (exact) mass is 344 g/mol. The van der Waals surface area contributed by atoms with E-state index in [2.05, 4.69) is 10.1 Å². The Morgan fingerprint density at radius 1 is 1.40 bits per heavy atom. The zero-order valence-electron chi connectivity index (χ0n) is 15.1. The van der Waals surface area contributed by atoms with Gasteiger partial charge in [0.25, 0.3) is 5.91 Å². The standard InChI is InChI=1S/C18H24N4O3/c1-12-17(13(2)21(3)20-12)18(23)22-10-16(24-4)8-14(22)11-25-15-6-5-7-19-9-15/h5-7,9,14,16H,8,10-11H2,1-4H3/t14-,16+/m0/s1. The second-order valence-corrected chi connectivity index (χ2v) is 6.37. The summed E-state index contributed by atoms with van der Waals surface area (Å²) in [5, 5.41) is 4.36. The number of carbonyl (C=O) groups excluding carboxylic acids is 1. The third kappa shape index (κ3) is 3.51. The molecule has 3 heterocycles. The molecule has 2 aromatic heterocycles. The highest BCUT2D eigenvalue weighted by Gasteiger charge is 2.37. The first-order valence-electron chi connectivity index (χ1n) is 8.38. The summed E-state index contributed by atoms with van der Waals surface area (Å²) in [4.78, 5) is 19.0. The number of methoxy groups -OCH3 is 1. The minimum Gasteiger partial charge on any atom is -0.490 e. The van der Waals surface area contributed by atoms with E-state index in [4.69, 9.17) is 9.47 Å². The first-order valence-corrected chi connectivity index (χ1v) is 8.38. The number of amides is 1. The van der Waals surface area contributed by atoms with Crippen molar-refractivity contribution in [3.05, 3.63) is 41.5 Å². The lowest BCUT2D eigenvalue weighted by Crippen LogP contribution is -2.39. The largest absolute Gasteiger partial charge is 0.490 e. The van der Waals surface area contributed by atoms with Crippen LogP contribution in [0.5, 0.6) is 5.75 Å². The fraction of sp³-hybridized carbons (Fsp3) is 0.500. The lowest BCUT2D eigenvalue weighted by Gasteiger charge is -2.24. The third-order valence-corrected chi connectivity index (χ3v) is 4.77. The van der Waals surface area contributed by atoms with Crippen molar-refractivity contribution in [3.63, 3.8) is 0 Å². The lowest BCUT2D eigenvalue weighted by molar-refractivity contribution is 0.0656. The molecule has 0 bridgehead atoms. The van der Waals surface area contributed by atoms with E-state index in [-0.39, 0.29) is 18.1 Å². The predicted octanol–water partition coefficient (Wildman–Crippen LogP) is 1.74. The first-order chi connectivity index (χ1) is 12.0. The van der Waals surface area contributed by atoms with Gasteiger partial charge in [-0.2, -0.15) is 5.10 Å². The van der Waals surface area contributed by atoms with Crippen molar-refractivity contribution in [1.82, 2.24) is 19.7 Å². The van der Waals surface area contributed by atoms with Crippen LogP contribution in [0.4, 0.5) is 0 Å². The van der Waals surface area contributed by atoms with Crippen LogP contribution < -0.4 is 4.74 Å². The Labute approximate surface area is 147 Å². The molecule has 0 aliphatic carbocycles. The molecule has 0 aromatic carbocycles. The summed E-state index contributed by atoms with van der Waals surface area (Å²) in [6.07, 6.45) is 4.14. The summed E-state index contributed by atoms with van der Waals surface area (Å²) < 4.78 is 13.1. The molecule has 3 rings (SSSR count). The van der Waals surface area contributed by atoms with Crippen LogP contribution in [0.25, 0.3) is 0 Å². The predicted molar refractivity (Wildman–Crippen MR) is 92.7 cm³/mol. The highest BCUT2D eigenvalue weighted by molar-refractivity contribution is 5.96. The molecule has 1 aliphatic rings. The quantitative estimate of drug-likeness (QED) is 0.826. The molecule has 7 heteroatoms. The van der Waals surface area contributed by atoms with Crippen molar-refractivity contribution in [1.29, 1.82) is 0 Å². The van der Waals surface area contributed by atoms with Gasteiger partial charge in [0, 0.05) is 32.6 Å². The molecule has 1 saturated heterocycles. The molecule has 1 amide bonds. The number of pyridine rings is 1. The van der Waals surface area contributed by atoms with E-state index in [0.29, 0.717) is 24.5 Å². The van der Waals surface area contributed by atoms with E-state index in [1.165, 1.54) is 0 Å². The van der Waals surface area contributed by atoms with Gasteiger partial charge < -0.3 is 14.4 Å². The highest BCUT2D eigenvalue weighted by atomic mass is 16.5. The number of likely N-dealkylation sites (tertiary alicyclic amines) is 1. The molecule has 2 atom stereocenters. The van der Waals surface area contributed by atoms with Crippen LogP contribution in [-0.2, 0) is 11.8 Å². The molecule has 1 aliphatic heterocycles. The molecule has 0 saturated carbocycles. The summed E-state index contributed by atoms with van der Waals surface area (Å²) in [6.45, 7) is 4.75. The Bertz CT molecular complexity index is 744. The number of nitrogens with zero attached hydrogens (tertiary/aromatic N) is 4. The van der Waals surface area contributed by atoms with E-state index < -0.39 is 0 Å². The van der Waals surface area contributed by atoms with Gasteiger partial charge in [-0.25, -0.2) is 0 Å². The third-order valence-electron chi connectivity index (χ3n) is 4.77. The summed E-state index contributed by atoms with van der Waals surface area (Å²) in [7, 11) is 3.53. The van der Waals surface area contributed by atoms with Crippen molar-refractivity contribution >= 4 is 5.91 Å². The molecule has 0 radical (unpaired) electrons. The molecule has 7 nitrogen and oxygen atoms in total. The summed E-state index contributed by atoms with van der Waals surface area (Å²) >= 11 is 0. The second-order valence-electron chi connectivity index (χ2n) is 6.37. The molecule has 0 spiro atoms. The van der Waals surface area contributed by atoms with E-state index in [9.17, 15) is 4.79 Å². The average molecular weight is 344 g/mol. The smallest absolute Gasteiger partial charge is 0.258 e. The Morgan fingerprint density at radius 2 is 2.20 bits per heavy atom. The maximum atomic E-state index is 13.1. The molecule has 134 valence electrons. The van der Waals surface area contributed by atoms with Crippen molar-refractivity contribution in [3.8, 4) is 5.75 Å². The Morgan fingerprint density at radius 3 is 2.80 bits per heavy atom. The minimum absolute atomic E-state index is 0.0116. The van der Waals surface area contributed by atoms with Gasteiger partial charge in [0.15, 0.2) is 0 Å². The van der Waals surface area contributed by atoms with Gasteiger partial charge in [-0.3, -0.25) is 14.5 Å². The van der Waals surface area contributed by atoms with Gasteiger partial charge in [-0.15, -0.1) is 0 Å². The van der Waals surface area contributed by atoms with Crippen molar-refractivity contribution in [2.75, 3.05) is 20.3 Å². The molecular formula is C18H24N4O3. The maximum absolute atomic E-state index is 13.1. The molecule has 0 unspecified atom stereocenters. The van der Waals surface area contributed by atoms with Gasteiger partial charge >= 0.3 is 0 Å². The molecule has 2 aromatic rings. The normalized spacial score (nSPS) is 20.1. The Kier molecular flexibility index (Phi) is 5.03. The van der Waals surface area contributed by atoms with Crippen LogP contribution in [-0.4, -0.2) is 58.0 Å². The van der Waals surface area contributed by atoms with Gasteiger partial charge in [0.2, 0.25) is 0 Å². The van der Waals surface area contributed by atoms with Crippen molar-refractivity contribution < 1.29 is 14.3 Å². The number of aromatic nitrogens is 3. The van der Waals surface area contributed by atoms with E-state index in [1.807, 2.05) is 37.9 Å². The highest BCUT2D eigenvalue weighted by Crippen LogP contribution is 2.25. The van der Waals surface area contributed by atoms with Crippen LogP contribution in [0.1, 0.15) is 28.2 Å². The van der Waals surface area contributed by atoms with E-state index in [1.54, 1.807) is 24.2 Å². The number of hydrogen-bond donors (Lipinski definition) is 0. The topological polar surface area (TPSA) is 69.5 Å². The number of rotatable bonds is 5. The fourth-order valence-corrected chi connectivity index (χ4v) is 3.30. The number of carbonyl (C=O) groups is 1. The van der Waals surface area contributed by atoms with Gasteiger partial charge in [-0.05, 0) is 32.4 Å². The SMILES string of the molecule is CO[C@@H]1C[C@@H](COc2cccnc2)N(C(=O)c2c(C)nn(C)c2C)C1. The molecule has 25 heavy (non-hydrogen) atoms. The number of ether oxygens (including phenoxy) is 2. The first kappa shape index (κ1) is 17.4. The zero-order valence-corrected chi connectivity index (χ0v) is 15.1. The molecular weight excluding hydrogens is 320 g/mol. The minimum atomic E-state index is -0.0448. The lowest BCUT2D eigenvalue weighted by atomic mass is 10.1. The van der Waals surface area contributed by atoms with Gasteiger partial charge in [0.05, 0.1) is 29.6 Å². The van der Waals surface area contributed by atoms with Crippen LogP contribution in [0.15, 0.2) is 24.5 Å². The summed E-state index contributed by atoms with van der Waals surface area (Å²) in [6, 6.07) is 3.64. The van der Waals surface area contributed by atoms with E-state index in [0.717, 1.165) is 17.8 Å². The maximum Gasteiger partial charge on any atom is 0.258 e. The van der Waals surface area contributed by atoms with Gasteiger partial charge in [0.1, 0.15) is 12.4 Å². The van der Waals surface area contributed by atoms with Crippen LogP contribution in [0, 0.1) is 13.8 Å². The number of hydrogen-bond acceptors (Lipinski definition) is 5. The average Bonchev–Trinajstić information content (AvgIpc) is 3.14. The Hall–Kier alpha value is -2.41. The Balaban J connectivity index is 1.78. The molecule has 1 fully saturated rings. The summed E-state index contributed by atoms with van der Waals surface area (Å²) in [5.74, 6) is 0.687. The fourth-order valence-electron chi connectivity index (χ4n) is 3.30. The number of aryl methyl sites for hydroxylation is 2. The van der Waals surface area contributed by atoms with Crippen LogP contribution >= 0.6 is 0 Å².